The Labute approximate surface area is 192 Å². The van der Waals surface area contributed by atoms with E-state index in [9.17, 15) is 4.79 Å². The number of nitrogens with zero attached hydrogens (tertiary/aromatic N) is 4. The Hall–Kier alpha value is -3.00. The standard InChI is InChI=1S/C23H28ClN5O3/c1-5-29-21-16(14(2)27-29)6-9-25-22(21)28-10-7-15(8-11-28)23(30)26-18-12-17(24)19(31-3)13-20(18)32-4/h6,9,12-13,15H,5,7-8,10-11H2,1-4H3,(H,26,30). The first-order valence-electron chi connectivity index (χ1n) is 10.8. The van der Waals surface area contributed by atoms with Gasteiger partial charge in [0.15, 0.2) is 5.82 Å². The topological polar surface area (TPSA) is 81.5 Å². The fraction of sp³-hybridized carbons (Fsp3) is 0.435. The van der Waals surface area contributed by atoms with E-state index in [1.54, 1.807) is 19.2 Å². The molecule has 0 spiro atoms. The van der Waals surface area contributed by atoms with E-state index in [-0.39, 0.29) is 11.8 Å². The van der Waals surface area contributed by atoms with Crippen molar-refractivity contribution >= 4 is 39.9 Å². The summed E-state index contributed by atoms with van der Waals surface area (Å²) in [6, 6.07) is 5.34. The Morgan fingerprint density at radius 3 is 2.59 bits per heavy atom. The number of amides is 1. The number of hydrogen-bond donors (Lipinski definition) is 1. The van der Waals surface area contributed by atoms with Crippen LogP contribution in [0, 0.1) is 12.8 Å². The van der Waals surface area contributed by atoms with E-state index in [2.05, 4.69) is 27.2 Å². The van der Waals surface area contributed by atoms with E-state index in [1.165, 1.54) is 7.11 Å². The van der Waals surface area contributed by atoms with Gasteiger partial charge in [-0.2, -0.15) is 5.10 Å². The molecule has 1 aromatic carbocycles. The number of methoxy groups -OCH3 is 2. The number of rotatable bonds is 6. The SMILES string of the molecule is CCn1nc(C)c2ccnc(N3CCC(C(=O)Nc4cc(Cl)c(OC)cc4OC)CC3)c21. The van der Waals surface area contributed by atoms with Gasteiger partial charge in [0.25, 0.3) is 0 Å². The molecule has 3 aromatic rings. The van der Waals surface area contributed by atoms with Gasteiger partial charge in [0, 0.05) is 43.2 Å². The maximum absolute atomic E-state index is 13.0. The van der Waals surface area contributed by atoms with E-state index in [1.807, 2.05) is 23.9 Å². The van der Waals surface area contributed by atoms with Gasteiger partial charge >= 0.3 is 0 Å². The summed E-state index contributed by atoms with van der Waals surface area (Å²) < 4.78 is 12.6. The highest BCUT2D eigenvalue weighted by Gasteiger charge is 2.28. The van der Waals surface area contributed by atoms with Gasteiger partial charge < -0.3 is 19.7 Å². The second-order valence-corrected chi connectivity index (χ2v) is 8.28. The summed E-state index contributed by atoms with van der Waals surface area (Å²) in [5.41, 5.74) is 2.61. The van der Waals surface area contributed by atoms with Crippen molar-refractivity contribution in [2.45, 2.75) is 33.2 Å². The van der Waals surface area contributed by atoms with Crippen LogP contribution in [0.25, 0.3) is 10.9 Å². The van der Waals surface area contributed by atoms with Crippen LogP contribution in [0.1, 0.15) is 25.5 Å². The smallest absolute Gasteiger partial charge is 0.227 e. The largest absolute Gasteiger partial charge is 0.495 e. The van der Waals surface area contributed by atoms with Crippen molar-refractivity contribution in [3.05, 3.63) is 35.1 Å². The molecule has 2 aromatic heterocycles. The van der Waals surface area contributed by atoms with Crippen LogP contribution in [0.2, 0.25) is 5.02 Å². The molecule has 0 bridgehead atoms. The lowest BCUT2D eigenvalue weighted by atomic mass is 9.95. The molecule has 0 saturated carbocycles. The van der Waals surface area contributed by atoms with Gasteiger partial charge in [0.2, 0.25) is 5.91 Å². The number of halogens is 1. The molecule has 0 radical (unpaired) electrons. The molecular formula is C23H28ClN5O3. The third-order valence-electron chi connectivity index (χ3n) is 6.02. The van der Waals surface area contributed by atoms with E-state index < -0.39 is 0 Å². The summed E-state index contributed by atoms with van der Waals surface area (Å²) in [5.74, 6) is 1.81. The van der Waals surface area contributed by atoms with Crippen molar-refractivity contribution in [1.82, 2.24) is 14.8 Å². The highest BCUT2D eigenvalue weighted by molar-refractivity contribution is 6.32. The zero-order chi connectivity index (χ0) is 22.8. The van der Waals surface area contributed by atoms with Gasteiger partial charge in [-0.05, 0) is 38.8 Å². The van der Waals surface area contributed by atoms with Gasteiger partial charge in [0.05, 0.1) is 30.6 Å². The molecule has 9 heteroatoms. The Bertz CT molecular complexity index is 1140. The van der Waals surface area contributed by atoms with Gasteiger partial charge in [-0.3, -0.25) is 9.48 Å². The van der Waals surface area contributed by atoms with Crippen LogP contribution in [0.15, 0.2) is 24.4 Å². The Balaban J connectivity index is 1.47. The van der Waals surface area contributed by atoms with Crippen molar-refractivity contribution in [3.8, 4) is 11.5 Å². The van der Waals surface area contributed by atoms with Crippen molar-refractivity contribution < 1.29 is 14.3 Å². The second-order valence-electron chi connectivity index (χ2n) is 7.87. The molecule has 3 heterocycles. The molecule has 1 aliphatic heterocycles. The maximum atomic E-state index is 13.0. The average Bonchev–Trinajstić information content (AvgIpc) is 3.15. The summed E-state index contributed by atoms with van der Waals surface area (Å²) in [5, 5.41) is 9.16. The third-order valence-corrected chi connectivity index (χ3v) is 6.32. The number of aryl methyl sites for hydroxylation is 2. The van der Waals surface area contributed by atoms with E-state index in [0.29, 0.717) is 22.2 Å². The molecule has 1 aliphatic rings. The molecule has 1 fully saturated rings. The lowest BCUT2D eigenvalue weighted by Crippen LogP contribution is -2.38. The molecule has 170 valence electrons. The first-order valence-corrected chi connectivity index (χ1v) is 11.1. The third kappa shape index (κ3) is 4.07. The van der Waals surface area contributed by atoms with Crippen LogP contribution in [0.3, 0.4) is 0 Å². The Morgan fingerprint density at radius 2 is 1.94 bits per heavy atom. The number of anilines is 2. The van der Waals surface area contributed by atoms with Crippen molar-refractivity contribution in [2.75, 3.05) is 37.5 Å². The highest BCUT2D eigenvalue weighted by Crippen LogP contribution is 2.37. The van der Waals surface area contributed by atoms with Crippen LogP contribution in [-0.2, 0) is 11.3 Å². The Morgan fingerprint density at radius 1 is 1.22 bits per heavy atom. The number of benzene rings is 1. The molecule has 8 nitrogen and oxygen atoms in total. The summed E-state index contributed by atoms with van der Waals surface area (Å²) >= 11 is 6.24. The van der Waals surface area contributed by atoms with Crippen molar-refractivity contribution in [1.29, 1.82) is 0 Å². The quantitative estimate of drug-likeness (QED) is 0.594. The number of carbonyl (C=O) groups is 1. The minimum atomic E-state index is -0.103. The van der Waals surface area contributed by atoms with Crippen LogP contribution < -0.4 is 19.7 Å². The summed E-state index contributed by atoms with van der Waals surface area (Å²) in [7, 11) is 3.09. The van der Waals surface area contributed by atoms with Crippen LogP contribution in [0.4, 0.5) is 11.5 Å². The normalized spacial score (nSPS) is 14.6. The molecule has 32 heavy (non-hydrogen) atoms. The maximum Gasteiger partial charge on any atom is 0.227 e. The summed E-state index contributed by atoms with van der Waals surface area (Å²) in [4.78, 5) is 19.9. The monoisotopic (exact) mass is 457 g/mol. The van der Waals surface area contributed by atoms with Gasteiger partial charge in [0.1, 0.15) is 17.0 Å². The Kier molecular flexibility index (Phi) is 6.41. The van der Waals surface area contributed by atoms with Crippen molar-refractivity contribution in [2.24, 2.45) is 5.92 Å². The molecule has 0 atom stereocenters. The van der Waals surface area contributed by atoms with Crippen LogP contribution in [-0.4, -0.2) is 48.0 Å². The number of hydrogen-bond acceptors (Lipinski definition) is 6. The fourth-order valence-electron chi connectivity index (χ4n) is 4.28. The molecule has 0 unspecified atom stereocenters. The number of nitrogens with one attached hydrogen (secondary N) is 1. The number of aromatic nitrogens is 3. The van der Waals surface area contributed by atoms with Gasteiger partial charge in [-0.25, -0.2) is 4.98 Å². The second kappa shape index (κ2) is 9.24. The molecule has 1 saturated heterocycles. The van der Waals surface area contributed by atoms with Gasteiger partial charge in [-0.1, -0.05) is 11.6 Å². The lowest BCUT2D eigenvalue weighted by molar-refractivity contribution is -0.120. The molecule has 1 N–H and O–H groups in total. The van der Waals surface area contributed by atoms with Crippen LogP contribution in [0.5, 0.6) is 11.5 Å². The zero-order valence-corrected chi connectivity index (χ0v) is 19.6. The number of piperidine rings is 1. The number of pyridine rings is 1. The fourth-order valence-corrected chi connectivity index (χ4v) is 4.52. The number of carbonyl (C=O) groups excluding carboxylic acids is 1. The van der Waals surface area contributed by atoms with E-state index in [0.717, 1.165) is 54.9 Å². The first kappa shape index (κ1) is 22.2. The lowest BCUT2D eigenvalue weighted by Gasteiger charge is -2.32. The molecule has 0 aliphatic carbocycles. The van der Waals surface area contributed by atoms with Gasteiger partial charge in [-0.15, -0.1) is 0 Å². The predicted molar refractivity (Wildman–Crippen MR) is 126 cm³/mol. The zero-order valence-electron chi connectivity index (χ0n) is 18.8. The minimum Gasteiger partial charge on any atom is -0.495 e. The highest BCUT2D eigenvalue weighted by atomic mass is 35.5. The van der Waals surface area contributed by atoms with Crippen LogP contribution >= 0.6 is 11.6 Å². The number of fused-ring (bicyclic) bond motifs is 1. The first-order chi connectivity index (χ1) is 15.5. The van der Waals surface area contributed by atoms with E-state index in [4.69, 9.17) is 21.1 Å². The number of ether oxygens (including phenoxy) is 2. The molecule has 4 rings (SSSR count). The molecular weight excluding hydrogens is 430 g/mol. The van der Waals surface area contributed by atoms with Crippen molar-refractivity contribution in [3.63, 3.8) is 0 Å². The predicted octanol–water partition coefficient (Wildman–Crippen LogP) is 4.29. The average molecular weight is 458 g/mol. The summed E-state index contributed by atoms with van der Waals surface area (Å²) in [6.07, 6.45) is 3.30. The van der Waals surface area contributed by atoms with E-state index >= 15 is 0 Å². The minimum absolute atomic E-state index is 0.0372. The molecule has 1 amide bonds. The summed E-state index contributed by atoms with van der Waals surface area (Å²) in [6.45, 7) is 6.39.